The van der Waals surface area contributed by atoms with Crippen LogP contribution in [0.15, 0.2) is 24.3 Å². The summed E-state index contributed by atoms with van der Waals surface area (Å²) in [5.74, 6) is -1.66. The van der Waals surface area contributed by atoms with Crippen LogP contribution >= 0.6 is 0 Å². The molecule has 7 heteroatoms. The number of hydrogen-bond acceptors (Lipinski definition) is 6. The molecule has 1 aromatic carbocycles. The van der Waals surface area contributed by atoms with Crippen molar-refractivity contribution >= 4 is 17.6 Å². The smallest absolute Gasteiger partial charge is 0.309 e. The van der Waals surface area contributed by atoms with E-state index < -0.39 is 5.79 Å². The summed E-state index contributed by atoms with van der Waals surface area (Å²) >= 11 is 0. The van der Waals surface area contributed by atoms with E-state index in [9.17, 15) is 9.59 Å². The number of ether oxygens (including phenoxy) is 3. The third-order valence-corrected chi connectivity index (χ3v) is 5.96. The summed E-state index contributed by atoms with van der Waals surface area (Å²) < 4.78 is 17.3. The molecule has 29 heavy (non-hydrogen) atoms. The molecular weight excluding hydrogens is 372 g/mol. The standard InChI is InChI=1S/C22H30N2O5/c1-4-27-19(25)16-9-11-23(12-10-16)15-24-18-8-6-5-7-17(18)22(20(24)26)28-13-21(2,3)14-29-22/h5-8,16H,4,9-15H2,1-3H3. The molecule has 0 N–H and O–H groups in total. The first-order valence-electron chi connectivity index (χ1n) is 10.4. The first-order valence-corrected chi connectivity index (χ1v) is 10.4. The SMILES string of the molecule is CCOC(=O)C1CCN(CN2C(=O)C3(OCC(C)(C)CO3)c3ccccc32)CC1. The maximum atomic E-state index is 13.5. The lowest BCUT2D eigenvalue weighted by Crippen LogP contribution is -2.53. The largest absolute Gasteiger partial charge is 0.466 e. The maximum Gasteiger partial charge on any atom is 0.309 e. The zero-order valence-corrected chi connectivity index (χ0v) is 17.5. The minimum atomic E-state index is -1.34. The van der Waals surface area contributed by atoms with Gasteiger partial charge in [-0.1, -0.05) is 32.0 Å². The second-order valence-electron chi connectivity index (χ2n) is 8.89. The van der Waals surface area contributed by atoms with Crippen LogP contribution in [-0.2, 0) is 29.6 Å². The predicted molar refractivity (Wildman–Crippen MR) is 107 cm³/mol. The van der Waals surface area contributed by atoms with E-state index in [0.717, 1.165) is 37.2 Å². The van der Waals surface area contributed by atoms with Gasteiger partial charge in [-0.05, 0) is 25.8 Å². The number of rotatable bonds is 4. The van der Waals surface area contributed by atoms with Crippen molar-refractivity contribution in [2.24, 2.45) is 11.3 Å². The van der Waals surface area contributed by atoms with Crippen molar-refractivity contribution < 1.29 is 23.8 Å². The van der Waals surface area contributed by atoms with E-state index in [2.05, 4.69) is 18.7 Å². The summed E-state index contributed by atoms with van der Waals surface area (Å²) in [6.45, 7) is 9.26. The van der Waals surface area contributed by atoms with Gasteiger partial charge in [0.15, 0.2) is 0 Å². The number of fused-ring (bicyclic) bond motifs is 2. The number of hydrogen-bond donors (Lipinski definition) is 0. The van der Waals surface area contributed by atoms with E-state index in [0.29, 0.717) is 26.5 Å². The summed E-state index contributed by atoms with van der Waals surface area (Å²) in [5.41, 5.74) is 1.50. The Hall–Kier alpha value is -1.96. The number of anilines is 1. The zero-order valence-electron chi connectivity index (χ0n) is 17.5. The summed E-state index contributed by atoms with van der Waals surface area (Å²) in [6, 6.07) is 7.70. The molecule has 0 atom stereocenters. The minimum Gasteiger partial charge on any atom is -0.466 e. The number of para-hydroxylation sites is 1. The van der Waals surface area contributed by atoms with Crippen LogP contribution in [-0.4, -0.2) is 56.4 Å². The maximum absolute atomic E-state index is 13.5. The number of piperidine rings is 1. The fourth-order valence-electron chi connectivity index (χ4n) is 4.26. The van der Waals surface area contributed by atoms with Crippen LogP contribution in [0, 0.1) is 11.3 Å². The molecule has 0 aliphatic carbocycles. The zero-order chi connectivity index (χ0) is 20.6. The molecule has 4 rings (SSSR count). The molecule has 1 spiro atoms. The highest BCUT2D eigenvalue weighted by Gasteiger charge is 2.57. The Kier molecular flexibility index (Phi) is 5.40. The first-order chi connectivity index (χ1) is 13.9. The predicted octanol–water partition coefficient (Wildman–Crippen LogP) is 2.49. The van der Waals surface area contributed by atoms with Gasteiger partial charge in [-0.25, -0.2) is 0 Å². The lowest BCUT2D eigenvalue weighted by atomic mass is 9.93. The van der Waals surface area contributed by atoms with E-state index in [1.807, 2.05) is 31.2 Å². The van der Waals surface area contributed by atoms with Gasteiger partial charge in [0.25, 0.3) is 11.7 Å². The molecule has 3 aliphatic heterocycles. The van der Waals surface area contributed by atoms with Gasteiger partial charge in [0.05, 0.1) is 38.1 Å². The van der Waals surface area contributed by atoms with Gasteiger partial charge in [0.1, 0.15) is 0 Å². The van der Waals surface area contributed by atoms with Crippen molar-refractivity contribution in [3.05, 3.63) is 29.8 Å². The fourth-order valence-corrected chi connectivity index (χ4v) is 4.26. The number of carbonyl (C=O) groups is 2. The van der Waals surface area contributed by atoms with E-state index in [-0.39, 0.29) is 23.2 Å². The average Bonchev–Trinajstić information content (AvgIpc) is 2.94. The van der Waals surface area contributed by atoms with Gasteiger partial charge in [0.2, 0.25) is 0 Å². The van der Waals surface area contributed by atoms with Gasteiger partial charge >= 0.3 is 5.97 Å². The number of carbonyl (C=O) groups excluding carboxylic acids is 2. The molecule has 158 valence electrons. The number of benzene rings is 1. The molecule has 0 unspecified atom stereocenters. The molecule has 0 aromatic heterocycles. The Bertz CT molecular complexity index is 775. The molecule has 0 bridgehead atoms. The van der Waals surface area contributed by atoms with Crippen LogP contribution < -0.4 is 4.90 Å². The van der Waals surface area contributed by atoms with Crippen molar-refractivity contribution in [1.82, 2.24) is 4.90 Å². The van der Waals surface area contributed by atoms with Crippen LogP contribution in [0.5, 0.6) is 0 Å². The van der Waals surface area contributed by atoms with E-state index >= 15 is 0 Å². The highest BCUT2D eigenvalue weighted by atomic mass is 16.7. The molecular formula is C22H30N2O5. The molecule has 3 heterocycles. The minimum absolute atomic E-state index is 0.0497. The molecule has 2 fully saturated rings. The fraction of sp³-hybridized carbons (Fsp3) is 0.636. The Morgan fingerprint density at radius 2 is 1.83 bits per heavy atom. The Morgan fingerprint density at radius 1 is 1.17 bits per heavy atom. The summed E-state index contributed by atoms with van der Waals surface area (Å²) in [6.07, 6.45) is 1.49. The van der Waals surface area contributed by atoms with E-state index in [1.54, 1.807) is 4.90 Å². The van der Waals surface area contributed by atoms with E-state index in [4.69, 9.17) is 14.2 Å². The van der Waals surface area contributed by atoms with Crippen molar-refractivity contribution in [2.45, 2.75) is 39.4 Å². The third kappa shape index (κ3) is 3.67. The molecule has 0 saturated carbocycles. The van der Waals surface area contributed by atoms with Crippen molar-refractivity contribution in [1.29, 1.82) is 0 Å². The molecule has 7 nitrogen and oxygen atoms in total. The molecule has 1 amide bonds. The second kappa shape index (κ2) is 7.70. The number of likely N-dealkylation sites (tertiary alicyclic amines) is 1. The Labute approximate surface area is 171 Å². The number of amides is 1. The molecule has 2 saturated heterocycles. The van der Waals surface area contributed by atoms with E-state index in [1.165, 1.54) is 0 Å². The monoisotopic (exact) mass is 402 g/mol. The van der Waals surface area contributed by atoms with Crippen LogP contribution in [0.1, 0.15) is 39.2 Å². The molecule has 0 radical (unpaired) electrons. The summed E-state index contributed by atoms with van der Waals surface area (Å²) in [4.78, 5) is 29.4. The average molecular weight is 402 g/mol. The number of nitrogens with zero attached hydrogens (tertiary/aromatic N) is 2. The lowest BCUT2D eigenvalue weighted by molar-refractivity contribution is -0.286. The Balaban J connectivity index is 1.48. The quantitative estimate of drug-likeness (QED) is 0.721. The Morgan fingerprint density at radius 3 is 2.48 bits per heavy atom. The van der Waals surface area contributed by atoms with Gasteiger partial charge in [-0.3, -0.25) is 19.4 Å². The second-order valence-corrected chi connectivity index (χ2v) is 8.89. The molecule has 1 aromatic rings. The van der Waals surface area contributed by atoms with Crippen LogP contribution in [0.3, 0.4) is 0 Å². The van der Waals surface area contributed by atoms with Crippen LogP contribution in [0.4, 0.5) is 5.69 Å². The molecule has 3 aliphatic rings. The van der Waals surface area contributed by atoms with Crippen LogP contribution in [0.2, 0.25) is 0 Å². The van der Waals surface area contributed by atoms with Gasteiger partial charge in [0, 0.05) is 24.1 Å². The third-order valence-electron chi connectivity index (χ3n) is 5.96. The lowest BCUT2D eigenvalue weighted by Gasteiger charge is -2.40. The van der Waals surface area contributed by atoms with Gasteiger partial charge in [-0.2, -0.15) is 0 Å². The van der Waals surface area contributed by atoms with Gasteiger partial charge in [-0.15, -0.1) is 0 Å². The summed E-state index contributed by atoms with van der Waals surface area (Å²) in [7, 11) is 0. The van der Waals surface area contributed by atoms with Gasteiger partial charge < -0.3 is 14.2 Å². The topological polar surface area (TPSA) is 68.3 Å². The number of esters is 1. The first kappa shape index (κ1) is 20.3. The van der Waals surface area contributed by atoms with Crippen molar-refractivity contribution in [3.8, 4) is 0 Å². The highest BCUT2D eigenvalue weighted by Crippen LogP contribution is 2.47. The van der Waals surface area contributed by atoms with Crippen LogP contribution in [0.25, 0.3) is 0 Å². The normalized spacial score (nSPS) is 24.0. The summed E-state index contributed by atoms with van der Waals surface area (Å²) in [5, 5.41) is 0. The highest BCUT2D eigenvalue weighted by molar-refractivity contribution is 6.06. The van der Waals surface area contributed by atoms with Crippen molar-refractivity contribution in [2.75, 3.05) is 44.5 Å². The van der Waals surface area contributed by atoms with Crippen molar-refractivity contribution in [3.63, 3.8) is 0 Å².